The average Bonchev–Trinajstić information content (AvgIpc) is 2.37. The van der Waals surface area contributed by atoms with Gasteiger partial charge in [-0.15, -0.1) is 6.42 Å². The standard InChI is InChI=1S/C12H9F3N2O2S/c1-3-6-17(2)20(18,19)11-5-4-10(12(13,14)15)7-9(11)8-16/h1,4-5,7H,6H2,2H3. The van der Waals surface area contributed by atoms with Crippen LogP contribution >= 0.6 is 0 Å². The number of terminal acetylenes is 1. The van der Waals surface area contributed by atoms with Gasteiger partial charge in [0.15, 0.2) is 0 Å². The SMILES string of the molecule is C#CCN(C)S(=O)(=O)c1ccc(C(F)(F)F)cc1C#N. The number of sulfonamides is 1. The van der Waals surface area contributed by atoms with Crippen molar-refractivity contribution in [2.24, 2.45) is 0 Å². The molecule has 1 aromatic rings. The molecule has 0 saturated heterocycles. The minimum atomic E-state index is -4.65. The lowest BCUT2D eigenvalue weighted by Crippen LogP contribution is -2.28. The highest BCUT2D eigenvalue weighted by molar-refractivity contribution is 7.89. The molecule has 0 aromatic heterocycles. The Morgan fingerprint density at radius 2 is 2.00 bits per heavy atom. The smallest absolute Gasteiger partial charge is 0.207 e. The van der Waals surface area contributed by atoms with Crippen LogP contribution in [0.25, 0.3) is 0 Å². The van der Waals surface area contributed by atoms with Crippen LogP contribution in [-0.4, -0.2) is 26.3 Å². The van der Waals surface area contributed by atoms with E-state index in [1.54, 1.807) is 0 Å². The third-order valence-corrected chi connectivity index (χ3v) is 4.29. The van der Waals surface area contributed by atoms with Crippen LogP contribution in [0.5, 0.6) is 0 Å². The molecule has 0 heterocycles. The number of hydrogen-bond acceptors (Lipinski definition) is 3. The van der Waals surface area contributed by atoms with E-state index in [0.29, 0.717) is 12.1 Å². The first-order chi connectivity index (χ1) is 9.14. The quantitative estimate of drug-likeness (QED) is 0.800. The summed E-state index contributed by atoms with van der Waals surface area (Å²) in [6.45, 7) is -0.256. The van der Waals surface area contributed by atoms with E-state index in [-0.39, 0.29) is 6.54 Å². The molecule has 1 aromatic carbocycles. The Bertz CT molecular complexity index is 697. The Morgan fingerprint density at radius 1 is 1.40 bits per heavy atom. The summed E-state index contributed by atoms with van der Waals surface area (Å²) in [6.07, 6.45) is 0.332. The molecule has 0 spiro atoms. The molecule has 0 N–H and O–H groups in total. The van der Waals surface area contributed by atoms with Crippen molar-refractivity contribution in [1.82, 2.24) is 4.31 Å². The fourth-order valence-corrected chi connectivity index (χ4v) is 2.60. The van der Waals surface area contributed by atoms with Crippen LogP contribution in [0, 0.1) is 23.7 Å². The Labute approximate surface area is 114 Å². The fraction of sp³-hybridized carbons (Fsp3) is 0.250. The summed E-state index contributed by atoms with van der Waals surface area (Å²) in [6, 6.07) is 3.31. The van der Waals surface area contributed by atoms with Gasteiger partial charge in [0.05, 0.1) is 17.7 Å². The largest absolute Gasteiger partial charge is 0.416 e. The van der Waals surface area contributed by atoms with Crippen molar-refractivity contribution in [3.05, 3.63) is 29.3 Å². The lowest BCUT2D eigenvalue weighted by Gasteiger charge is -2.16. The second kappa shape index (κ2) is 5.53. The molecule has 8 heteroatoms. The highest BCUT2D eigenvalue weighted by Gasteiger charge is 2.33. The van der Waals surface area contributed by atoms with Crippen LogP contribution in [0.4, 0.5) is 13.2 Å². The summed E-state index contributed by atoms with van der Waals surface area (Å²) >= 11 is 0. The maximum atomic E-state index is 12.5. The van der Waals surface area contributed by atoms with Crippen LogP contribution in [0.15, 0.2) is 23.1 Å². The predicted octanol–water partition coefficient (Wildman–Crippen LogP) is 1.83. The lowest BCUT2D eigenvalue weighted by molar-refractivity contribution is -0.137. The molecule has 0 fully saturated rings. The van der Waals surface area contributed by atoms with E-state index in [9.17, 15) is 21.6 Å². The Kier molecular flexibility index (Phi) is 4.43. The molecule has 0 unspecified atom stereocenters. The van der Waals surface area contributed by atoms with Crippen molar-refractivity contribution in [1.29, 1.82) is 5.26 Å². The second-order valence-corrected chi connectivity index (χ2v) is 5.80. The summed E-state index contributed by atoms with van der Waals surface area (Å²) in [5.41, 5.74) is -1.67. The molecule has 0 amide bonds. The zero-order valence-electron chi connectivity index (χ0n) is 10.3. The van der Waals surface area contributed by atoms with Crippen molar-refractivity contribution < 1.29 is 21.6 Å². The van der Waals surface area contributed by atoms with E-state index in [0.717, 1.165) is 10.4 Å². The van der Waals surface area contributed by atoms with Gasteiger partial charge in [0.1, 0.15) is 11.0 Å². The molecule has 106 valence electrons. The van der Waals surface area contributed by atoms with Gasteiger partial charge < -0.3 is 0 Å². The fourth-order valence-electron chi connectivity index (χ4n) is 1.40. The molecule has 0 aliphatic carbocycles. The van der Waals surface area contributed by atoms with E-state index in [4.69, 9.17) is 11.7 Å². The second-order valence-electron chi connectivity index (χ2n) is 3.79. The first kappa shape index (κ1) is 16.0. The molecular weight excluding hydrogens is 293 g/mol. The van der Waals surface area contributed by atoms with Crippen molar-refractivity contribution in [2.75, 3.05) is 13.6 Å². The van der Waals surface area contributed by atoms with Gasteiger partial charge in [-0.05, 0) is 18.2 Å². The average molecular weight is 302 g/mol. The number of benzene rings is 1. The Hall–Kier alpha value is -2.03. The first-order valence-electron chi connectivity index (χ1n) is 5.15. The van der Waals surface area contributed by atoms with Gasteiger partial charge >= 0.3 is 6.18 Å². The van der Waals surface area contributed by atoms with E-state index in [1.807, 2.05) is 0 Å². The van der Waals surface area contributed by atoms with Gasteiger partial charge in [0, 0.05) is 7.05 Å². The van der Waals surface area contributed by atoms with Gasteiger partial charge in [-0.1, -0.05) is 5.92 Å². The summed E-state index contributed by atoms with van der Waals surface area (Å²) < 4.78 is 62.4. The maximum absolute atomic E-state index is 12.5. The normalized spacial score (nSPS) is 11.9. The molecular formula is C12H9F3N2O2S. The molecule has 0 aliphatic heterocycles. The van der Waals surface area contributed by atoms with Crippen LogP contribution in [0.3, 0.4) is 0 Å². The molecule has 0 bridgehead atoms. The van der Waals surface area contributed by atoms with Gasteiger partial charge in [0.2, 0.25) is 10.0 Å². The highest BCUT2D eigenvalue weighted by atomic mass is 32.2. The van der Waals surface area contributed by atoms with Crippen molar-refractivity contribution in [3.8, 4) is 18.4 Å². The Morgan fingerprint density at radius 3 is 2.45 bits per heavy atom. The molecule has 4 nitrogen and oxygen atoms in total. The molecule has 20 heavy (non-hydrogen) atoms. The number of halogens is 3. The van der Waals surface area contributed by atoms with Crippen LogP contribution < -0.4 is 0 Å². The number of hydrogen-bond donors (Lipinski definition) is 0. The monoisotopic (exact) mass is 302 g/mol. The Balaban J connectivity index is 3.43. The van der Waals surface area contributed by atoms with Gasteiger partial charge in [-0.2, -0.15) is 22.7 Å². The first-order valence-corrected chi connectivity index (χ1v) is 6.59. The number of rotatable bonds is 3. The summed E-state index contributed by atoms with van der Waals surface area (Å²) in [5.74, 6) is 2.10. The maximum Gasteiger partial charge on any atom is 0.416 e. The van der Waals surface area contributed by atoms with Gasteiger partial charge in [-0.3, -0.25) is 0 Å². The minimum Gasteiger partial charge on any atom is -0.207 e. The summed E-state index contributed by atoms with van der Waals surface area (Å²) in [5, 5.41) is 8.84. The summed E-state index contributed by atoms with van der Waals surface area (Å²) in [4.78, 5) is -0.509. The topological polar surface area (TPSA) is 61.2 Å². The van der Waals surface area contributed by atoms with Gasteiger partial charge in [-0.25, -0.2) is 8.42 Å². The number of alkyl halides is 3. The van der Waals surface area contributed by atoms with Crippen LogP contribution in [0.1, 0.15) is 11.1 Å². The molecule has 0 aliphatic rings. The predicted molar refractivity (Wildman–Crippen MR) is 64.8 cm³/mol. The molecule has 1 rings (SSSR count). The van der Waals surface area contributed by atoms with Crippen molar-refractivity contribution in [2.45, 2.75) is 11.1 Å². The number of nitrogens with zero attached hydrogens (tertiary/aromatic N) is 2. The van der Waals surface area contributed by atoms with E-state index < -0.39 is 32.2 Å². The molecule has 0 saturated carbocycles. The lowest BCUT2D eigenvalue weighted by atomic mass is 10.1. The third kappa shape index (κ3) is 3.10. The molecule has 0 atom stereocenters. The molecule has 0 radical (unpaired) electrons. The number of nitriles is 1. The van der Waals surface area contributed by atoms with Crippen LogP contribution in [-0.2, 0) is 16.2 Å². The van der Waals surface area contributed by atoms with Gasteiger partial charge in [0.25, 0.3) is 0 Å². The zero-order chi connectivity index (χ0) is 15.6. The third-order valence-electron chi connectivity index (χ3n) is 2.43. The summed E-state index contributed by atoms with van der Waals surface area (Å²) in [7, 11) is -2.93. The zero-order valence-corrected chi connectivity index (χ0v) is 11.1. The van der Waals surface area contributed by atoms with Crippen molar-refractivity contribution in [3.63, 3.8) is 0 Å². The van der Waals surface area contributed by atoms with E-state index in [1.165, 1.54) is 13.1 Å². The van der Waals surface area contributed by atoms with E-state index >= 15 is 0 Å². The minimum absolute atomic E-state index is 0.256. The highest BCUT2D eigenvalue weighted by Crippen LogP contribution is 2.31. The van der Waals surface area contributed by atoms with Crippen molar-refractivity contribution >= 4 is 10.0 Å². The van der Waals surface area contributed by atoms with E-state index in [2.05, 4.69) is 5.92 Å². The van der Waals surface area contributed by atoms with Crippen LogP contribution in [0.2, 0.25) is 0 Å².